The van der Waals surface area contributed by atoms with E-state index in [4.69, 9.17) is 0 Å². The fraction of sp³-hybridized carbons (Fsp3) is 0.750. The fourth-order valence-corrected chi connectivity index (χ4v) is 1.82. The van der Waals surface area contributed by atoms with Gasteiger partial charge in [-0.05, 0) is 32.1 Å². The van der Waals surface area contributed by atoms with Gasteiger partial charge in [0.25, 0.3) is 0 Å². The van der Waals surface area contributed by atoms with E-state index in [9.17, 15) is 0 Å². The summed E-state index contributed by atoms with van der Waals surface area (Å²) in [5.74, 6) is 0. The molecule has 0 fully saturated rings. The van der Waals surface area contributed by atoms with Gasteiger partial charge in [0.2, 0.25) is 0 Å². The van der Waals surface area contributed by atoms with Crippen LogP contribution < -0.4 is 0 Å². The molecule has 0 aliphatic rings. The summed E-state index contributed by atoms with van der Waals surface area (Å²) in [6.07, 6.45) is 18.8. The summed E-state index contributed by atoms with van der Waals surface area (Å²) in [5, 5.41) is 0. The van der Waals surface area contributed by atoms with Crippen LogP contribution in [0.15, 0.2) is 23.8 Å². The first kappa shape index (κ1) is 15.5. The maximum Gasteiger partial charge on any atom is -0.0139 e. The number of allylic oxidation sites excluding steroid dienone is 4. The van der Waals surface area contributed by atoms with Gasteiger partial charge in [0, 0.05) is 0 Å². The van der Waals surface area contributed by atoms with Crippen molar-refractivity contribution in [2.45, 2.75) is 78.6 Å². The molecule has 0 N–H and O–H groups in total. The largest absolute Gasteiger partial charge is 0.0882 e. The van der Waals surface area contributed by atoms with Crippen molar-refractivity contribution in [2.24, 2.45) is 0 Å². The molecule has 0 unspecified atom stereocenters. The van der Waals surface area contributed by atoms with Gasteiger partial charge >= 0.3 is 0 Å². The van der Waals surface area contributed by atoms with E-state index in [-0.39, 0.29) is 0 Å². The Morgan fingerprint density at radius 1 is 0.812 bits per heavy atom. The van der Waals surface area contributed by atoms with Crippen LogP contribution >= 0.6 is 0 Å². The normalized spacial score (nSPS) is 12.6. The van der Waals surface area contributed by atoms with Crippen molar-refractivity contribution < 1.29 is 0 Å². The lowest BCUT2D eigenvalue weighted by Gasteiger charge is -2.02. The lowest BCUT2D eigenvalue weighted by atomic mass is 10.0. The Kier molecular flexibility index (Phi) is 12.1. The van der Waals surface area contributed by atoms with E-state index in [0.717, 1.165) is 0 Å². The van der Waals surface area contributed by atoms with E-state index in [0.29, 0.717) is 0 Å². The average Bonchev–Trinajstić information content (AvgIpc) is 2.30. The Morgan fingerprint density at radius 3 is 2.25 bits per heavy atom. The van der Waals surface area contributed by atoms with Gasteiger partial charge in [-0.2, -0.15) is 0 Å². The summed E-state index contributed by atoms with van der Waals surface area (Å²) in [6.45, 7) is 6.78. The summed E-state index contributed by atoms with van der Waals surface area (Å²) in [5.41, 5.74) is 1.64. The fourth-order valence-electron chi connectivity index (χ4n) is 1.82. The van der Waals surface area contributed by atoms with Gasteiger partial charge in [-0.1, -0.05) is 70.3 Å². The molecule has 0 saturated carbocycles. The molecular formula is C16H30. The molecule has 94 valence electrons. The zero-order valence-corrected chi connectivity index (χ0v) is 11.6. The van der Waals surface area contributed by atoms with E-state index in [1.165, 1.54) is 57.8 Å². The summed E-state index contributed by atoms with van der Waals surface area (Å²) in [4.78, 5) is 0. The summed E-state index contributed by atoms with van der Waals surface area (Å²) >= 11 is 0. The first-order valence-electron chi connectivity index (χ1n) is 7.18. The van der Waals surface area contributed by atoms with Crippen molar-refractivity contribution in [3.05, 3.63) is 23.8 Å². The predicted molar refractivity (Wildman–Crippen MR) is 75.8 cm³/mol. The van der Waals surface area contributed by atoms with Gasteiger partial charge < -0.3 is 0 Å². The van der Waals surface area contributed by atoms with Crippen molar-refractivity contribution in [1.29, 1.82) is 0 Å². The minimum atomic E-state index is 1.18. The highest BCUT2D eigenvalue weighted by Gasteiger charge is 1.92. The van der Waals surface area contributed by atoms with E-state index in [1.54, 1.807) is 5.57 Å². The second-order valence-electron chi connectivity index (χ2n) is 4.57. The molecule has 0 bridgehead atoms. The van der Waals surface area contributed by atoms with Crippen LogP contribution in [-0.4, -0.2) is 0 Å². The molecule has 0 rings (SSSR count). The minimum absolute atomic E-state index is 1.18. The number of hydrogen-bond donors (Lipinski definition) is 0. The molecule has 0 radical (unpaired) electrons. The van der Waals surface area contributed by atoms with Gasteiger partial charge in [0.15, 0.2) is 0 Å². The first-order chi connectivity index (χ1) is 7.85. The minimum Gasteiger partial charge on any atom is -0.0882 e. The molecule has 0 nitrogen and oxygen atoms in total. The Labute approximate surface area is 103 Å². The van der Waals surface area contributed by atoms with Crippen LogP contribution in [0, 0.1) is 0 Å². The molecule has 0 aromatic heterocycles. The van der Waals surface area contributed by atoms with Crippen molar-refractivity contribution in [3.63, 3.8) is 0 Å². The second kappa shape index (κ2) is 12.5. The summed E-state index contributed by atoms with van der Waals surface area (Å²) < 4.78 is 0. The third-order valence-electron chi connectivity index (χ3n) is 2.81. The van der Waals surface area contributed by atoms with E-state index < -0.39 is 0 Å². The van der Waals surface area contributed by atoms with E-state index in [2.05, 4.69) is 39.0 Å². The quantitative estimate of drug-likeness (QED) is 0.312. The molecule has 0 atom stereocenters. The van der Waals surface area contributed by atoms with E-state index >= 15 is 0 Å². The van der Waals surface area contributed by atoms with Gasteiger partial charge in [-0.25, -0.2) is 0 Å². The maximum absolute atomic E-state index is 2.44. The van der Waals surface area contributed by atoms with Crippen LogP contribution in [-0.2, 0) is 0 Å². The number of unbranched alkanes of at least 4 members (excludes halogenated alkanes) is 4. The molecule has 0 amide bonds. The molecule has 0 aliphatic heterocycles. The molecule has 16 heavy (non-hydrogen) atoms. The van der Waals surface area contributed by atoms with Gasteiger partial charge in [0.1, 0.15) is 0 Å². The van der Waals surface area contributed by atoms with Crippen LogP contribution in [0.2, 0.25) is 0 Å². The Morgan fingerprint density at radius 2 is 1.62 bits per heavy atom. The third kappa shape index (κ3) is 10.0. The smallest absolute Gasteiger partial charge is 0.0139 e. The Hall–Kier alpha value is -0.520. The highest BCUT2D eigenvalue weighted by molar-refractivity contribution is 5.07. The standard InChI is InChI=1S/C16H30/c1-4-7-9-10-11-12-15-16(13-6-3)14-8-5-2/h11-12,14H,4-10,13,15H2,1-3H3. The highest BCUT2D eigenvalue weighted by Crippen LogP contribution is 2.13. The molecule has 0 heterocycles. The summed E-state index contributed by atoms with van der Waals surface area (Å²) in [7, 11) is 0. The van der Waals surface area contributed by atoms with Crippen molar-refractivity contribution in [3.8, 4) is 0 Å². The Balaban J connectivity index is 3.73. The molecule has 0 spiro atoms. The number of rotatable bonds is 10. The topological polar surface area (TPSA) is 0 Å². The van der Waals surface area contributed by atoms with Crippen LogP contribution in [0.4, 0.5) is 0 Å². The molecular weight excluding hydrogens is 192 g/mol. The van der Waals surface area contributed by atoms with Crippen LogP contribution in [0.3, 0.4) is 0 Å². The van der Waals surface area contributed by atoms with Gasteiger partial charge in [-0.15, -0.1) is 0 Å². The second-order valence-corrected chi connectivity index (χ2v) is 4.57. The lowest BCUT2D eigenvalue weighted by Crippen LogP contribution is -1.82. The first-order valence-corrected chi connectivity index (χ1v) is 7.18. The Bertz CT molecular complexity index is 186. The number of hydrogen-bond acceptors (Lipinski definition) is 0. The average molecular weight is 222 g/mol. The van der Waals surface area contributed by atoms with Crippen LogP contribution in [0.5, 0.6) is 0 Å². The lowest BCUT2D eigenvalue weighted by molar-refractivity contribution is 0.728. The third-order valence-corrected chi connectivity index (χ3v) is 2.81. The molecule has 0 aliphatic carbocycles. The van der Waals surface area contributed by atoms with Crippen molar-refractivity contribution in [1.82, 2.24) is 0 Å². The highest BCUT2D eigenvalue weighted by atomic mass is 14.0. The molecule has 0 saturated heterocycles. The van der Waals surface area contributed by atoms with Crippen LogP contribution in [0.1, 0.15) is 78.6 Å². The van der Waals surface area contributed by atoms with Gasteiger partial charge in [0.05, 0.1) is 0 Å². The SMILES string of the molecule is CCCC=C(CC=CCCCCC)CCC. The zero-order valence-electron chi connectivity index (χ0n) is 11.6. The summed E-state index contributed by atoms with van der Waals surface area (Å²) in [6, 6.07) is 0. The van der Waals surface area contributed by atoms with Crippen molar-refractivity contribution in [2.75, 3.05) is 0 Å². The van der Waals surface area contributed by atoms with E-state index in [1.807, 2.05) is 0 Å². The monoisotopic (exact) mass is 222 g/mol. The van der Waals surface area contributed by atoms with Crippen LogP contribution in [0.25, 0.3) is 0 Å². The van der Waals surface area contributed by atoms with Crippen molar-refractivity contribution >= 4 is 0 Å². The molecule has 0 aromatic carbocycles. The zero-order chi connectivity index (χ0) is 12.1. The maximum atomic E-state index is 2.44. The molecule has 0 aromatic rings. The molecule has 0 heteroatoms. The van der Waals surface area contributed by atoms with Gasteiger partial charge in [-0.3, -0.25) is 0 Å². The predicted octanol–water partition coefficient (Wildman–Crippen LogP) is 6.04.